The molecule has 4 rings (SSSR count). The summed E-state index contributed by atoms with van der Waals surface area (Å²) in [5.41, 5.74) is 4.66. The maximum absolute atomic E-state index is 6.06. The minimum Gasteiger partial charge on any atom is -1.00 e. The number of rotatable bonds is 0. The molecule has 0 saturated heterocycles. The Morgan fingerprint density at radius 1 is 1.00 bits per heavy atom. The first kappa shape index (κ1) is 13.6. The van der Waals surface area contributed by atoms with Gasteiger partial charge in [-0.3, -0.25) is 0 Å². The largest absolute Gasteiger partial charge is 1.00 e. The number of benzene rings is 2. The highest BCUT2D eigenvalue weighted by Gasteiger charge is 2.16. The number of hydrogen-bond donors (Lipinski definition) is 1. The van der Waals surface area contributed by atoms with Gasteiger partial charge in [0, 0.05) is 16.5 Å². The number of nitrogens with zero attached hydrogens (tertiary/aromatic N) is 1. The molecule has 4 aromatic rings. The van der Waals surface area contributed by atoms with E-state index in [1.807, 2.05) is 12.1 Å². The number of aromatic amines is 1. The standard InChI is InChI=1S/C16H11ClN2.HI/c1-19-15-5-3-2-4-10(15)8-14-16(19)12-7-6-11(17)9-13(12)18-14;/h2-9H,1H3;1H. The smallest absolute Gasteiger partial charge is 0.238 e. The second-order valence-electron chi connectivity index (χ2n) is 4.84. The van der Waals surface area contributed by atoms with Crippen molar-refractivity contribution < 1.29 is 28.5 Å². The van der Waals surface area contributed by atoms with Gasteiger partial charge in [0.05, 0.1) is 10.9 Å². The molecule has 0 unspecified atom stereocenters. The summed E-state index contributed by atoms with van der Waals surface area (Å²) in [5, 5.41) is 3.19. The summed E-state index contributed by atoms with van der Waals surface area (Å²) in [4.78, 5) is 3.45. The third kappa shape index (κ3) is 1.88. The van der Waals surface area contributed by atoms with Gasteiger partial charge in [-0.05, 0) is 30.3 Å². The molecule has 100 valence electrons. The third-order valence-corrected chi connectivity index (χ3v) is 3.93. The summed E-state index contributed by atoms with van der Waals surface area (Å²) in [6.45, 7) is 0. The van der Waals surface area contributed by atoms with Crippen LogP contribution in [0.15, 0.2) is 48.5 Å². The van der Waals surface area contributed by atoms with Gasteiger partial charge in [0.15, 0.2) is 0 Å². The third-order valence-electron chi connectivity index (χ3n) is 3.69. The molecule has 0 bridgehead atoms. The molecule has 1 N–H and O–H groups in total. The predicted octanol–water partition coefficient (Wildman–Crippen LogP) is 0.956. The lowest BCUT2D eigenvalue weighted by Gasteiger charge is -1.98. The molecule has 2 aromatic heterocycles. The van der Waals surface area contributed by atoms with Crippen molar-refractivity contribution in [2.45, 2.75) is 0 Å². The lowest BCUT2D eigenvalue weighted by molar-refractivity contribution is -0.616. The lowest BCUT2D eigenvalue weighted by Crippen LogP contribution is -3.00. The Balaban J connectivity index is 0.00000121. The fourth-order valence-electron chi connectivity index (χ4n) is 2.83. The molecule has 0 radical (unpaired) electrons. The van der Waals surface area contributed by atoms with Crippen LogP contribution in [0.3, 0.4) is 0 Å². The fourth-order valence-corrected chi connectivity index (χ4v) is 3.00. The number of para-hydroxylation sites is 1. The van der Waals surface area contributed by atoms with Crippen molar-refractivity contribution in [2.24, 2.45) is 7.05 Å². The van der Waals surface area contributed by atoms with Crippen molar-refractivity contribution in [3.8, 4) is 0 Å². The highest BCUT2D eigenvalue weighted by molar-refractivity contribution is 6.31. The molecule has 0 aliphatic rings. The Kier molecular flexibility index (Phi) is 3.34. The van der Waals surface area contributed by atoms with E-state index < -0.39 is 0 Å². The Hall–Kier alpha value is -1.33. The van der Waals surface area contributed by atoms with E-state index in [9.17, 15) is 0 Å². The van der Waals surface area contributed by atoms with Crippen molar-refractivity contribution in [3.05, 3.63) is 53.6 Å². The number of H-pyrrole nitrogens is 1. The number of pyridine rings is 1. The van der Waals surface area contributed by atoms with Crippen LogP contribution in [0.25, 0.3) is 32.8 Å². The summed E-state index contributed by atoms with van der Waals surface area (Å²) < 4.78 is 2.23. The summed E-state index contributed by atoms with van der Waals surface area (Å²) >= 11 is 6.06. The van der Waals surface area contributed by atoms with Gasteiger partial charge in [-0.2, -0.15) is 4.57 Å². The Morgan fingerprint density at radius 3 is 2.65 bits per heavy atom. The van der Waals surface area contributed by atoms with E-state index >= 15 is 0 Å². The van der Waals surface area contributed by atoms with Crippen LogP contribution in [-0.4, -0.2) is 4.98 Å². The lowest BCUT2D eigenvalue weighted by atomic mass is 10.1. The Labute approximate surface area is 138 Å². The molecule has 4 heteroatoms. The normalized spacial score (nSPS) is 11.1. The number of fused-ring (bicyclic) bond motifs is 4. The average Bonchev–Trinajstić information content (AvgIpc) is 2.76. The molecular formula is C16H12ClIN2. The van der Waals surface area contributed by atoms with Crippen LogP contribution in [0.1, 0.15) is 0 Å². The molecule has 0 spiro atoms. The van der Waals surface area contributed by atoms with Crippen LogP contribution in [0.5, 0.6) is 0 Å². The molecule has 0 amide bonds. The minimum absolute atomic E-state index is 0. The molecular weight excluding hydrogens is 383 g/mol. The minimum atomic E-state index is 0. The van der Waals surface area contributed by atoms with Crippen LogP contribution in [-0.2, 0) is 7.05 Å². The highest BCUT2D eigenvalue weighted by Crippen LogP contribution is 2.27. The van der Waals surface area contributed by atoms with E-state index in [-0.39, 0.29) is 24.0 Å². The van der Waals surface area contributed by atoms with Gasteiger partial charge in [-0.1, -0.05) is 23.7 Å². The van der Waals surface area contributed by atoms with Crippen LogP contribution >= 0.6 is 11.6 Å². The molecule has 0 atom stereocenters. The van der Waals surface area contributed by atoms with Crippen molar-refractivity contribution in [2.75, 3.05) is 0 Å². The van der Waals surface area contributed by atoms with E-state index in [1.165, 1.54) is 21.8 Å². The predicted molar refractivity (Wildman–Crippen MR) is 79.5 cm³/mol. The molecule has 2 aromatic carbocycles. The van der Waals surface area contributed by atoms with Gasteiger partial charge in [-0.15, -0.1) is 0 Å². The average molecular weight is 395 g/mol. The van der Waals surface area contributed by atoms with Crippen LogP contribution in [0.2, 0.25) is 5.02 Å². The van der Waals surface area contributed by atoms with Crippen molar-refractivity contribution in [1.29, 1.82) is 0 Å². The molecule has 0 fully saturated rings. The Bertz CT molecular complexity index is 943. The monoisotopic (exact) mass is 394 g/mol. The first-order valence-electron chi connectivity index (χ1n) is 6.23. The van der Waals surface area contributed by atoms with Crippen LogP contribution < -0.4 is 28.5 Å². The number of aromatic nitrogens is 2. The van der Waals surface area contributed by atoms with E-state index in [0.29, 0.717) is 0 Å². The molecule has 20 heavy (non-hydrogen) atoms. The number of aryl methyl sites for hydroxylation is 1. The topological polar surface area (TPSA) is 19.7 Å². The number of nitrogens with one attached hydrogen (secondary N) is 1. The van der Waals surface area contributed by atoms with Crippen molar-refractivity contribution in [1.82, 2.24) is 4.98 Å². The zero-order chi connectivity index (χ0) is 13.0. The number of hydrogen-bond acceptors (Lipinski definition) is 0. The SMILES string of the molecule is C[n+]1c2ccccc2cc2[nH]c3cc(Cl)ccc3c21.[I-]. The van der Waals surface area contributed by atoms with Crippen LogP contribution in [0, 0.1) is 0 Å². The van der Waals surface area contributed by atoms with Crippen LogP contribution in [0.4, 0.5) is 0 Å². The van der Waals surface area contributed by atoms with Gasteiger partial charge in [-0.25, -0.2) is 0 Å². The zero-order valence-corrected chi connectivity index (χ0v) is 13.7. The highest BCUT2D eigenvalue weighted by atomic mass is 127. The quantitative estimate of drug-likeness (QED) is 0.339. The van der Waals surface area contributed by atoms with E-state index in [4.69, 9.17) is 11.6 Å². The second-order valence-corrected chi connectivity index (χ2v) is 5.28. The summed E-state index contributed by atoms with van der Waals surface area (Å²) in [7, 11) is 2.10. The van der Waals surface area contributed by atoms with Crippen molar-refractivity contribution in [3.63, 3.8) is 0 Å². The molecule has 2 heterocycles. The molecule has 0 aliphatic heterocycles. The first-order chi connectivity index (χ1) is 9.24. The molecule has 2 nitrogen and oxygen atoms in total. The van der Waals surface area contributed by atoms with Gasteiger partial charge < -0.3 is 29.0 Å². The maximum atomic E-state index is 6.06. The van der Waals surface area contributed by atoms with E-state index in [2.05, 4.69) is 53.0 Å². The Morgan fingerprint density at radius 2 is 1.80 bits per heavy atom. The molecule has 0 aliphatic carbocycles. The first-order valence-corrected chi connectivity index (χ1v) is 6.60. The number of halogens is 2. The van der Waals surface area contributed by atoms with E-state index in [0.717, 1.165) is 16.1 Å². The maximum Gasteiger partial charge on any atom is 0.238 e. The van der Waals surface area contributed by atoms with Gasteiger partial charge >= 0.3 is 0 Å². The van der Waals surface area contributed by atoms with Crippen molar-refractivity contribution >= 4 is 44.4 Å². The van der Waals surface area contributed by atoms with Gasteiger partial charge in [0.2, 0.25) is 11.0 Å². The van der Waals surface area contributed by atoms with Gasteiger partial charge in [0.1, 0.15) is 12.6 Å². The van der Waals surface area contributed by atoms with E-state index in [1.54, 1.807) is 0 Å². The fraction of sp³-hybridized carbons (Fsp3) is 0.0625. The summed E-state index contributed by atoms with van der Waals surface area (Å²) in [6.07, 6.45) is 0. The molecule has 0 saturated carbocycles. The second kappa shape index (κ2) is 4.90. The summed E-state index contributed by atoms with van der Waals surface area (Å²) in [6, 6.07) is 16.6. The summed E-state index contributed by atoms with van der Waals surface area (Å²) in [5.74, 6) is 0. The zero-order valence-electron chi connectivity index (χ0n) is 10.8. The van der Waals surface area contributed by atoms with Gasteiger partial charge in [0.25, 0.3) is 0 Å².